The fourth-order valence-corrected chi connectivity index (χ4v) is 3.00. The van der Waals surface area contributed by atoms with E-state index in [1.165, 1.54) is 11.3 Å². The number of rotatable bonds is 3. The zero-order chi connectivity index (χ0) is 15.0. The third kappa shape index (κ3) is 2.36. The topological polar surface area (TPSA) is 66.4 Å². The molecule has 1 amide bonds. The van der Waals surface area contributed by atoms with E-state index in [1.807, 2.05) is 31.2 Å². The molecule has 0 unspecified atom stereocenters. The van der Waals surface area contributed by atoms with Gasteiger partial charge in [0.05, 0.1) is 16.5 Å². The van der Waals surface area contributed by atoms with E-state index >= 15 is 0 Å². The molecule has 3 rings (SSSR count). The largest absolute Gasteiger partial charge is 0.503 e. The molecule has 1 aromatic carbocycles. The lowest BCUT2D eigenvalue weighted by Gasteiger charge is -2.14. The van der Waals surface area contributed by atoms with Crippen LogP contribution in [0.5, 0.6) is 0 Å². The first-order valence-electron chi connectivity index (χ1n) is 6.46. The molecule has 1 aliphatic heterocycles. The Labute approximate surface area is 125 Å². The molecule has 2 aromatic rings. The molecule has 4 nitrogen and oxygen atoms in total. The molecule has 0 bridgehead atoms. The maximum absolute atomic E-state index is 12.5. The van der Waals surface area contributed by atoms with Crippen molar-refractivity contribution in [3.8, 4) is 0 Å². The number of hydrogen-bond donors (Lipinski definition) is 2. The minimum absolute atomic E-state index is 0.117. The van der Waals surface area contributed by atoms with Gasteiger partial charge in [-0.15, -0.1) is 11.3 Å². The van der Waals surface area contributed by atoms with Crippen molar-refractivity contribution in [1.82, 2.24) is 5.32 Å². The van der Waals surface area contributed by atoms with Gasteiger partial charge in [-0.05, 0) is 23.9 Å². The number of Topliss-reactive ketones (excluding diaryl/α,β-unsaturated/α-hetero) is 1. The average Bonchev–Trinajstić information content (AvgIpc) is 3.09. The van der Waals surface area contributed by atoms with Gasteiger partial charge in [-0.1, -0.05) is 35.9 Å². The second-order valence-corrected chi connectivity index (χ2v) is 5.83. The molecule has 0 spiro atoms. The molecule has 2 N–H and O–H groups in total. The number of ketones is 1. The molecule has 1 atom stereocenters. The predicted octanol–water partition coefficient (Wildman–Crippen LogP) is 2.92. The van der Waals surface area contributed by atoms with E-state index in [-0.39, 0.29) is 11.4 Å². The Morgan fingerprint density at radius 3 is 2.57 bits per heavy atom. The maximum atomic E-state index is 12.5. The van der Waals surface area contributed by atoms with Crippen molar-refractivity contribution in [2.24, 2.45) is 0 Å². The smallest absolute Gasteiger partial charge is 0.287 e. The first-order valence-corrected chi connectivity index (χ1v) is 7.34. The van der Waals surface area contributed by atoms with Gasteiger partial charge >= 0.3 is 0 Å². The molecule has 5 heteroatoms. The Hall–Kier alpha value is -2.40. The van der Waals surface area contributed by atoms with E-state index in [0.29, 0.717) is 4.88 Å². The van der Waals surface area contributed by atoms with Crippen LogP contribution in [0, 0.1) is 6.92 Å². The van der Waals surface area contributed by atoms with Crippen LogP contribution in [0.4, 0.5) is 0 Å². The summed E-state index contributed by atoms with van der Waals surface area (Å²) in [6.07, 6.45) is 0. The first-order chi connectivity index (χ1) is 10.1. The van der Waals surface area contributed by atoms with E-state index in [0.717, 1.165) is 11.1 Å². The molecule has 106 valence electrons. The van der Waals surface area contributed by atoms with Crippen LogP contribution in [-0.4, -0.2) is 16.8 Å². The van der Waals surface area contributed by atoms with Gasteiger partial charge in [0.1, 0.15) is 0 Å². The Bertz CT molecular complexity index is 729. The van der Waals surface area contributed by atoms with Crippen molar-refractivity contribution < 1.29 is 14.7 Å². The number of nitrogens with one attached hydrogen (secondary N) is 1. The molecule has 0 fully saturated rings. The van der Waals surface area contributed by atoms with Crippen molar-refractivity contribution in [2.75, 3.05) is 0 Å². The van der Waals surface area contributed by atoms with Gasteiger partial charge < -0.3 is 10.4 Å². The lowest BCUT2D eigenvalue weighted by atomic mass is 9.96. The van der Waals surface area contributed by atoms with Crippen molar-refractivity contribution in [2.45, 2.75) is 13.0 Å². The van der Waals surface area contributed by atoms with Crippen molar-refractivity contribution in [3.05, 3.63) is 69.1 Å². The molecule has 0 radical (unpaired) electrons. The number of benzene rings is 1. The molecule has 0 saturated heterocycles. The second kappa shape index (κ2) is 5.18. The number of carbonyl (C=O) groups is 2. The first kappa shape index (κ1) is 13.6. The summed E-state index contributed by atoms with van der Waals surface area (Å²) in [7, 11) is 0. The number of thiophene rings is 1. The normalized spacial score (nSPS) is 18.0. The van der Waals surface area contributed by atoms with Gasteiger partial charge in [0.25, 0.3) is 5.91 Å². The van der Waals surface area contributed by atoms with Gasteiger partial charge in [-0.2, -0.15) is 0 Å². The molecule has 0 aliphatic carbocycles. The summed E-state index contributed by atoms with van der Waals surface area (Å²) in [6.45, 7) is 1.96. The summed E-state index contributed by atoms with van der Waals surface area (Å²) in [5.74, 6) is -1.41. The Kier molecular flexibility index (Phi) is 3.35. The Balaban J connectivity index is 2.03. The summed E-state index contributed by atoms with van der Waals surface area (Å²) in [5, 5.41) is 14.4. The number of hydrogen-bond acceptors (Lipinski definition) is 4. The maximum Gasteiger partial charge on any atom is 0.287 e. The van der Waals surface area contributed by atoms with E-state index < -0.39 is 17.7 Å². The van der Waals surface area contributed by atoms with E-state index in [4.69, 9.17) is 0 Å². The van der Waals surface area contributed by atoms with E-state index in [1.54, 1.807) is 17.5 Å². The van der Waals surface area contributed by atoms with E-state index in [2.05, 4.69) is 5.32 Å². The van der Waals surface area contributed by atoms with Gasteiger partial charge in [0, 0.05) is 0 Å². The van der Waals surface area contributed by atoms with Crippen LogP contribution in [0.1, 0.15) is 26.8 Å². The lowest BCUT2D eigenvalue weighted by Crippen LogP contribution is -2.23. The SMILES string of the molecule is Cc1ccc([C@H]2NC(=O)C(O)=C2C(=O)c2cccs2)cc1. The Morgan fingerprint density at radius 1 is 1.24 bits per heavy atom. The minimum atomic E-state index is -0.611. The van der Waals surface area contributed by atoms with Gasteiger partial charge in [0.2, 0.25) is 5.78 Å². The third-order valence-electron chi connectivity index (χ3n) is 3.43. The predicted molar refractivity (Wildman–Crippen MR) is 80.4 cm³/mol. The van der Waals surface area contributed by atoms with Crippen molar-refractivity contribution >= 4 is 23.0 Å². The number of amides is 1. The highest BCUT2D eigenvalue weighted by Crippen LogP contribution is 2.32. The Morgan fingerprint density at radius 2 is 1.95 bits per heavy atom. The quantitative estimate of drug-likeness (QED) is 0.856. The summed E-state index contributed by atoms with van der Waals surface area (Å²) >= 11 is 1.29. The molecule has 2 heterocycles. The molecular weight excluding hydrogens is 286 g/mol. The highest BCUT2D eigenvalue weighted by Gasteiger charge is 2.37. The third-order valence-corrected chi connectivity index (χ3v) is 4.30. The monoisotopic (exact) mass is 299 g/mol. The van der Waals surface area contributed by atoms with Crippen LogP contribution < -0.4 is 5.32 Å². The average molecular weight is 299 g/mol. The molecular formula is C16H13NO3S. The zero-order valence-electron chi connectivity index (χ0n) is 11.3. The molecule has 21 heavy (non-hydrogen) atoms. The van der Waals surface area contributed by atoms with Crippen LogP contribution in [-0.2, 0) is 4.79 Å². The van der Waals surface area contributed by atoms with Crippen LogP contribution in [0.25, 0.3) is 0 Å². The molecule has 1 aliphatic rings. The van der Waals surface area contributed by atoms with Gasteiger partial charge in [-0.3, -0.25) is 9.59 Å². The number of aliphatic hydroxyl groups is 1. The summed E-state index contributed by atoms with van der Waals surface area (Å²) < 4.78 is 0. The van der Waals surface area contributed by atoms with Crippen LogP contribution in [0.2, 0.25) is 0 Å². The van der Waals surface area contributed by atoms with Crippen LogP contribution in [0.15, 0.2) is 53.1 Å². The minimum Gasteiger partial charge on any atom is -0.503 e. The van der Waals surface area contributed by atoms with Crippen molar-refractivity contribution in [1.29, 1.82) is 0 Å². The number of carbonyl (C=O) groups excluding carboxylic acids is 2. The standard InChI is InChI=1S/C16H13NO3S/c1-9-4-6-10(7-5-9)13-12(15(19)16(20)17-13)14(18)11-3-2-8-21-11/h2-8,13,19H,1H3,(H,17,20)/t13-/m1/s1. The lowest BCUT2D eigenvalue weighted by molar-refractivity contribution is -0.119. The summed E-state index contributed by atoms with van der Waals surface area (Å²) in [4.78, 5) is 24.8. The highest BCUT2D eigenvalue weighted by atomic mass is 32.1. The molecule has 1 aromatic heterocycles. The van der Waals surface area contributed by atoms with Gasteiger partial charge in [-0.25, -0.2) is 0 Å². The van der Waals surface area contributed by atoms with Gasteiger partial charge in [0.15, 0.2) is 5.76 Å². The van der Waals surface area contributed by atoms with Crippen molar-refractivity contribution in [3.63, 3.8) is 0 Å². The fraction of sp³-hybridized carbons (Fsp3) is 0.125. The molecule has 0 saturated carbocycles. The van der Waals surface area contributed by atoms with Crippen LogP contribution >= 0.6 is 11.3 Å². The van der Waals surface area contributed by atoms with E-state index in [9.17, 15) is 14.7 Å². The second-order valence-electron chi connectivity index (χ2n) is 4.89. The number of aliphatic hydroxyl groups excluding tert-OH is 1. The zero-order valence-corrected chi connectivity index (χ0v) is 12.1. The number of aryl methyl sites for hydroxylation is 1. The fourth-order valence-electron chi connectivity index (χ4n) is 2.32. The summed E-state index contributed by atoms with van der Waals surface area (Å²) in [5.41, 5.74) is 1.98. The van der Waals surface area contributed by atoms with Crippen LogP contribution in [0.3, 0.4) is 0 Å². The summed E-state index contributed by atoms with van der Waals surface area (Å²) in [6, 6.07) is 10.4. The highest BCUT2D eigenvalue weighted by molar-refractivity contribution is 7.12.